The van der Waals surface area contributed by atoms with Crippen LogP contribution in [-0.2, 0) is 0 Å². The maximum absolute atomic E-state index is 8.15. The van der Waals surface area contributed by atoms with Gasteiger partial charge in [-0.05, 0) is 13.0 Å². The molecule has 0 aromatic carbocycles. The third kappa shape index (κ3) is 24.5. The lowest BCUT2D eigenvalue weighted by atomic mass is 10.3. The zero-order valence-corrected chi connectivity index (χ0v) is 8.63. The molecule has 13 heavy (non-hydrogen) atoms. The largest absolute Gasteiger partial charge is 0.395 e. The van der Waals surface area contributed by atoms with Crippen molar-refractivity contribution < 1.29 is 10.2 Å². The average Bonchev–Trinajstić information content (AvgIpc) is 2.17. The summed E-state index contributed by atoms with van der Waals surface area (Å²) in [5.74, 6) is 0. The summed E-state index contributed by atoms with van der Waals surface area (Å²) in [7, 11) is 0. The molecule has 0 amide bonds. The predicted octanol–water partition coefficient (Wildman–Crippen LogP) is -0.304. The van der Waals surface area contributed by atoms with Gasteiger partial charge in [-0.3, -0.25) is 0 Å². The second-order valence-electron chi connectivity index (χ2n) is 2.69. The van der Waals surface area contributed by atoms with Crippen molar-refractivity contribution >= 4 is 0 Å². The van der Waals surface area contributed by atoms with Crippen molar-refractivity contribution in [1.29, 1.82) is 0 Å². The van der Waals surface area contributed by atoms with Gasteiger partial charge in [-0.25, -0.2) is 0 Å². The summed E-state index contributed by atoms with van der Waals surface area (Å²) in [6.07, 6.45) is 3.75. The van der Waals surface area contributed by atoms with Gasteiger partial charge in [-0.2, -0.15) is 0 Å². The van der Waals surface area contributed by atoms with Gasteiger partial charge in [0, 0.05) is 13.1 Å². The Balaban J connectivity index is 0. The second-order valence-corrected chi connectivity index (χ2v) is 2.69. The highest BCUT2D eigenvalue weighted by Crippen LogP contribution is 1.88. The lowest BCUT2D eigenvalue weighted by Gasteiger charge is -1.94. The molecule has 0 aromatic rings. The fraction of sp³-hybridized carbons (Fsp3) is 1.00. The van der Waals surface area contributed by atoms with Crippen LogP contribution in [0.5, 0.6) is 0 Å². The molecule has 0 fully saturated rings. The molecule has 0 saturated carbocycles. The first-order valence-electron chi connectivity index (χ1n) is 4.95. The Morgan fingerprint density at radius 1 is 1.08 bits per heavy atom. The van der Waals surface area contributed by atoms with Crippen molar-refractivity contribution in [3.05, 3.63) is 0 Å². The SMILES string of the molecule is CCCCCN.OCCNCCO. The molecule has 0 rings (SSSR count). The number of nitrogens with one attached hydrogen (secondary N) is 1. The molecule has 0 aromatic heterocycles. The Morgan fingerprint density at radius 3 is 1.85 bits per heavy atom. The number of nitrogens with two attached hydrogens (primary N) is 1. The summed E-state index contributed by atoms with van der Waals surface area (Å²) in [5.41, 5.74) is 5.21. The lowest BCUT2D eigenvalue weighted by molar-refractivity contribution is 0.267. The maximum atomic E-state index is 8.15. The number of hydrogen-bond acceptors (Lipinski definition) is 4. The van der Waals surface area contributed by atoms with Crippen LogP contribution in [0, 0.1) is 0 Å². The standard InChI is InChI=1S/C5H13N.C4H11NO2/c1-2-3-4-5-6;6-3-1-5-2-4-7/h2-6H2,1H3;5-7H,1-4H2. The molecule has 0 heterocycles. The number of rotatable bonds is 7. The van der Waals surface area contributed by atoms with Crippen LogP contribution >= 0.6 is 0 Å². The third-order valence-corrected chi connectivity index (χ3v) is 1.38. The number of hydrogen-bond donors (Lipinski definition) is 4. The van der Waals surface area contributed by atoms with Gasteiger partial charge in [0.25, 0.3) is 0 Å². The Kier molecular flexibility index (Phi) is 21.0. The van der Waals surface area contributed by atoms with E-state index >= 15 is 0 Å². The Morgan fingerprint density at radius 2 is 1.62 bits per heavy atom. The summed E-state index contributed by atoms with van der Waals surface area (Å²) < 4.78 is 0. The summed E-state index contributed by atoms with van der Waals surface area (Å²) in [6, 6.07) is 0. The van der Waals surface area contributed by atoms with Crippen LogP contribution < -0.4 is 11.1 Å². The lowest BCUT2D eigenvalue weighted by Crippen LogP contribution is -2.21. The Bertz CT molecular complexity index is 64.6. The van der Waals surface area contributed by atoms with Gasteiger partial charge < -0.3 is 21.3 Å². The van der Waals surface area contributed by atoms with E-state index in [2.05, 4.69) is 12.2 Å². The van der Waals surface area contributed by atoms with Crippen LogP contribution in [0.4, 0.5) is 0 Å². The van der Waals surface area contributed by atoms with E-state index in [0.717, 1.165) is 6.54 Å². The Hall–Kier alpha value is -0.160. The highest BCUT2D eigenvalue weighted by atomic mass is 16.3. The number of aliphatic hydroxyl groups excluding tert-OH is 2. The van der Waals surface area contributed by atoms with Gasteiger partial charge in [0.15, 0.2) is 0 Å². The van der Waals surface area contributed by atoms with Gasteiger partial charge in [0.05, 0.1) is 13.2 Å². The average molecular weight is 192 g/mol. The molecule has 0 spiro atoms. The molecular weight excluding hydrogens is 168 g/mol. The molecule has 0 radical (unpaired) electrons. The molecule has 5 N–H and O–H groups in total. The monoisotopic (exact) mass is 192 g/mol. The van der Waals surface area contributed by atoms with Gasteiger partial charge in [0.2, 0.25) is 0 Å². The summed E-state index contributed by atoms with van der Waals surface area (Å²) in [6.45, 7) is 4.45. The molecule has 4 nitrogen and oxygen atoms in total. The molecule has 0 bridgehead atoms. The quantitative estimate of drug-likeness (QED) is 0.417. The van der Waals surface area contributed by atoms with Crippen LogP contribution in [-0.4, -0.2) is 43.1 Å². The van der Waals surface area contributed by atoms with E-state index < -0.39 is 0 Å². The van der Waals surface area contributed by atoms with Crippen molar-refractivity contribution in [1.82, 2.24) is 5.32 Å². The van der Waals surface area contributed by atoms with Crippen molar-refractivity contribution in [2.75, 3.05) is 32.8 Å². The summed E-state index contributed by atoms with van der Waals surface area (Å²) in [5, 5.41) is 19.1. The van der Waals surface area contributed by atoms with Crippen LogP contribution in [0.2, 0.25) is 0 Å². The zero-order valence-electron chi connectivity index (χ0n) is 8.63. The smallest absolute Gasteiger partial charge is 0.0555 e. The van der Waals surface area contributed by atoms with Crippen LogP contribution in [0.25, 0.3) is 0 Å². The van der Waals surface area contributed by atoms with Gasteiger partial charge in [-0.15, -0.1) is 0 Å². The molecule has 4 heteroatoms. The maximum Gasteiger partial charge on any atom is 0.0555 e. The molecule has 0 aliphatic carbocycles. The van der Waals surface area contributed by atoms with Crippen molar-refractivity contribution in [2.24, 2.45) is 5.73 Å². The molecule has 0 unspecified atom stereocenters. The molecular formula is C9H24N2O2. The fourth-order valence-electron chi connectivity index (χ4n) is 0.677. The van der Waals surface area contributed by atoms with Crippen molar-refractivity contribution in [3.8, 4) is 0 Å². The Labute approximate surface area is 81.1 Å². The van der Waals surface area contributed by atoms with Gasteiger partial charge in [0.1, 0.15) is 0 Å². The van der Waals surface area contributed by atoms with Crippen LogP contribution in [0.3, 0.4) is 0 Å². The molecule has 0 atom stereocenters. The zero-order chi connectivity index (χ0) is 10.4. The fourth-order valence-corrected chi connectivity index (χ4v) is 0.677. The highest BCUT2D eigenvalue weighted by molar-refractivity contribution is 4.39. The first-order valence-corrected chi connectivity index (χ1v) is 4.95. The first kappa shape index (κ1) is 15.3. The van der Waals surface area contributed by atoms with E-state index in [1.54, 1.807) is 0 Å². The van der Waals surface area contributed by atoms with Crippen molar-refractivity contribution in [3.63, 3.8) is 0 Å². The van der Waals surface area contributed by atoms with Crippen molar-refractivity contribution in [2.45, 2.75) is 26.2 Å². The normalized spacial score (nSPS) is 9.23. The number of unbranched alkanes of at least 4 members (excludes halogenated alkanes) is 2. The van der Waals surface area contributed by atoms with Gasteiger partial charge in [-0.1, -0.05) is 19.8 Å². The highest BCUT2D eigenvalue weighted by Gasteiger charge is 1.78. The van der Waals surface area contributed by atoms with E-state index in [0.29, 0.717) is 13.1 Å². The topological polar surface area (TPSA) is 78.5 Å². The van der Waals surface area contributed by atoms with Crippen LogP contribution in [0.15, 0.2) is 0 Å². The van der Waals surface area contributed by atoms with Gasteiger partial charge >= 0.3 is 0 Å². The number of aliphatic hydroxyl groups is 2. The van der Waals surface area contributed by atoms with E-state index in [1.807, 2.05) is 0 Å². The van der Waals surface area contributed by atoms with E-state index in [-0.39, 0.29) is 13.2 Å². The summed E-state index contributed by atoms with van der Waals surface area (Å²) in [4.78, 5) is 0. The van der Waals surface area contributed by atoms with E-state index in [9.17, 15) is 0 Å². The minimum absolute atomic E-state index is 0.139. The minimum atomic E-state index is 0.139. The third-order valence-electron chi connectivity index (χ3n) is 1.38. The summed E-state index contributed by atoms with van der Waals surface area (Å²) >= 11 is 0. The second kappa shape index (κ2) is 17.8. The minimum Gasteiger partial charge on any atom is -0.395 e. The first-order chi connectivity index (χ1) is 6.33. The molecule has 0 aliphatic rings. The van der Waals surface area contributed by atoms with Crippen LogP contribution in [0.1, 0.15) is 26.2 Å². The molecule has 0 saturated heterocycles. The molecule has 0 aliphatic heterocycles. The predicted molar refractivity (Wildman–Crippen MR) is 55.6 cm³/mol. The van der Waals surface area contributed by atoms with E-state index in [1.165, 1.54) is 19.3 Å². The molecule has 82 valence electrons. The van der Waals surface area contributed by atoms with E-state index in [4.69, 9.17) is 15.9 Å².